The molecule has 0 amide bonds. The Labute approximate surface area is 116 Å². The van der Waals surface area contributed by atoms with Crippen LogP contribution in [-0.2, 0) is 6.54 Å². The van der Waals surface area contributed by atoms with E-state index in [0.29, 0.717) is 0 Å². The molecule has 0 radical (unpaired) electrons. The molecule has 1 aliphatic rings. The highest BCUT2D eigenvalue weighted by atomic mass is 15.2. The summed E-state index contributed by atoms with van der Waals surface area (Å²) in [7, 11) is 2.19. The van der Waals surface area contributed by atoms with E-state index >= 15 is 0 Å². The molecule has 1 saturated heterocycles. The highest BCUT2D eigenvalue weighted by Crippen LogP contribution is 2.16. The van der Waals surface area contributed by atoms with Crippen LogP contribution in [-0.4, -0.2) is 51.2 Å². The smallest absolute Gasteiger partial charge is 0.0367 e. The Morgan fingerprint density at radius 3 is 2.42 bits per heavy atom. The number of anilines is 1. The fraction of sp³-hybridized carbons (Fsp3) is 0.600. The zero-order valence-electron chi connectivity index (χ0n) is 11.9. The van der Waals surface area contributed by atoms with Crippen molar-refractivity contribution in [2.45, 2.75) is 13.0 Å². The molecule has 0 unspecified atom stereocenters. The van der Waals surface area contributed by atoms with Crippen LogP contribution in [0.3, 0.4) is 0 Å². The van der Waals surface area contributed by atoms with Gasteiger partial charge in [0.05, 0.1) is 0 Å². The van der Waals surface area contributed by atoms with Gasteiger partial charge >= 0.3 is 0 Å². The Balaban J connectivity index is 1.81. The fourth-order valence-corrected chi connectivity index (χ4v) is 2.35. The second-order valence-electron chi connectivity index (χ2n) is 5.28. The minimum absolute atomic E-state index is 0.759. The first-order valence-electron chi connectivity index (χ1n) is 7.23. The van der Waals surface area contributed by atoms with Gasteiger partial charge in [-0.05, 0) is 44.3 Å². The highest BCUT2D eigenvalue weighted by Gasteiger charge is 2.13. The third-order valence-corrected chi connectivity index (χ3v) is 3.69. The largest absolute Gasteiger partial charge is 0.369 e. The predicted octanol–water partition coefficient (Wildman–Crippen LogP) is 0.877. The molecule has 0 bridgehead atoms. The molecular weight excluding hydrogens is 236 g/mol. The molecule has 1 heterocycles. The van der Waals surface area contributed by atoms with E-state index in [1.54, 1.807) is 0 Å². The van der Waals surface area contributed by atoms with Gasteiger partial charge in [0.25, 0.3) is 0 Å². The van der Waals surface area contributed by atoms with Crippen LogP contribution in [0.1, 0.15) is 12.0 Å². The van der Waals surface area contributed by atoms with Crippen LogP contribution < -0.4 is 16.0 Å². The van der Waals surface area contributed by atoms with Gasteiger partial charge in [0.2, 0.25) is 0 Å². The highest BCUT2D eigenvalue weighted by molar-refractivity contribution is 5.48. The molecule has 3 N–H and O–H groups in total. The van der Waals surface area contributed by atoms with Crippen molar-refractivity contribution in [3.05, 3.63) is 29.8 Å². The maximum Gasteiger partial charge on any atom is 0.0367 e. The molecular formula is C15H26N4. The van der Waals surface area contributed by atoms with Crippen molar-refractivity contribution in [2.24, 2.45) is 5.73 Å². The van der Waals surface area contributed by atoms with Crippen molar-refractivity contribution in [1.29, 1.82) is 0 Å². The summed E-state index contributed by atoms with van der Waals surface area (Å²) in [4.78, 5) is 4.85. The second kappa shape index (κ2) is 7.48. The van der Waals surface area contributed by atoms with Gasteiger partial charge in [0, 0.05) is 38.4 Å². The minimum atomic E-state index is 0.759. The lowest BCUT2D eigenvalue weighted by molar-refractivity contribution is 0.313. The molecule has 1 aromatic carbocycles. The number of likely N-dealkylation sites (N-methyl/N-ethyl adjacent to an activating group) is 1. The monoisotopic (exact) mass is 262 g/mol. The average Bonchev–Trinajstić information content (AvgIpc) is 2.45. The van der Waals surface area contributed by atoms with Crippen molar-refractivity contribution in [2.75, 3.05) is 51.2 Å². The van der Waals surface area contributed by atoms with E-state index in [1.807, 2.05) is 0 Å². The molecule has 1 aliphatic heterocycles. The van der Waals surface area contributed by atoms with Crippen LogP contribution in [0, 0.1) is 0 Å². The summed E-state index contributed by atoms with van der Waals surface area (Å²) in [5, 5.41) is 3.41. The van der Waals surface area contributed by atoms with Gasteiger partial charge in [-0.2, -0.15) is 0 Å². The van der Waals surface area contributed by atoms with Gasteiger partial charge in [0.1, 0.15) is 0 Å². The molecule has 2 rings (SSSR count). The van der Waals surface area contributed by atoms with Gasteiger partial charge in [-0.3, -0.25) is 0 Å². The summed E-state index contributed by atoms with van der Waals surface area (Å²) >= 11 is 0. The van der Waals surface area contributed by atoms with Crippen molar-refractivity contribution in [1.82, 2.24) is 10.2 Å². The summed E-state index contributed by atoms with van der Waals surface area (Å²) in [5.74, 6) is 0. The number of piperazine rings is 1. The lowest BCUT2D eigenvalue weighted by Crippen LogP contribution is -2.44. The zero-order chi connectivity index (χ0) is 13.5. The number of hydrogen-bond acceptors (Lipinski definition) is 4. The van der Waals surface area contributed by atoms with Crippen molar-refractivity contribution >= 4 is 5.69 Å². The third-order valence-electron chi connectivity index (χ3n) is 3.69. The second-order valence-corrected chi connectivity index (χ2v) is 5.28. The van der Waals surface area contributed by atoms with Crippen molar-refractivity contribution in [3.63, 3.8) is 0 Å². The SMILES string of the molecule is CN1CCN(c2ccc(CNCCCN)cc2)CC1. The summed E-state index contributed by atoms with van der Waals surface area (Å²) < 4.78 is 0. The topological polar surface area (TPSA) is 44.5 Å². The Morgan fingerprint density at radius 1 is 1.11 bits per heavy atom. The number of benzene rings is 1. The van der Waals surface area contributed by atoms with E-state index < -0.39 is 0 Å². The van der Waals surface area contributed by atoms with Gasteiger partial charge in [-0.1, -0.05) is 12.1 Å². The molecule has 0 aromatic heterocycles. The first-order valence-corrected chi connectivity index (χ1v) is 7.23. The molecule has 4 heteroatoms. The summed E-state index contributed by atoms with van der Waals surface area (Å²) in [6.45, 7) is 7.26. The maximum absolute atomic E-state index is 5.47. The fourth-order valence-electron chi connectivity index (χ4n) is 2.35. The van der Waals surface area contributed by atoms with E-state index in [2.05, 4.69) is 46.4 Å². The molecule has 1 aromatic rings. The van der Waals surface area contributed by atoms with Gasteiger partial charge in [-0.15, -0.1) is 0 Å². The van der Waals surface area contributed by atoms with Gasteiger partial charge in [-0.25, -0.2) is 0 Å². The molecule has 0 aliphatic carbocycles. The quantitative estimate of drug-likeness (QED) is 0.747. The Morgan fingerprint density at radius 2 is 1.79 bits per heavy atom. The molecule has 106 valence electrons. The normalized spacial score (nSPS) is 16.8. The molecule has 1 fully saturated rings. The molecule has 0 saturated carbocycles. The number of hydrogen-bond donors (Lipinski definition) is 2. The van der Waals surface area contributed by atoms with Crippen LogP contribution in [0.5, 0.6) is 0 Å². The van der Waals surface area contributed by atoms with E-state index in [0.717, 1.165) is 52.2 Å². The first kappa shape index (κ1) is 14.3. The van der Waals surface area contributed by atoms with Gasteiger partial charge < -0.3 is 20.9 Å². The molecule has 0 spiro atoms. The lowest BCUT2D eigenvalue weighted by atomic mass is 10.1. The van der Waals surface area contributed by atoms with Crippen LogP contribution in [0.25, 0.3) is 0 Å². The lowest BCUT2D eigenvalue weighted by Gasteiger charge is -2.34. The number of nitrogens with two attached hydrogens (primary N) is 1. The maximum atomic E-state index is 5.47. The molecule has 0 atom stereocenters. The third kappa shape index (κ3) is 4.49. The van der Waals surface area contributed by atoms with Crippen LogP contribution in [0.2, 0.25) is 0 Å². The van der Waals surface area contributed by atoms with E-state index in [4.69, 9.17) is 5.73 Å². The summed E-state index contributed by atoms with van der Waals surface area (Å²) in [5.41, 5.74) is 8.16. The average molecular weight is 262 g/mol. The Bertz CT molecular complexity index is 355. The predicted molar refractivity (Wildman–Crippen MR) is 81.5 cm³/mol. The summed E-state index contributed by atoms with van der Waals surface area (Å²) in [6.07, 6.45) is 1.04. The van der Waals surface area contributed by atoms with Crippen LogP contribution in [0.15, 0.2) is 24.3 Å². The van der Waals surface area contributed by atoms with Crippen molar-refractivity contribution in [3.8, 4) is 0 Å². The molecule has 19 heavy (non-hydrogen) atoms. The van der Waals surface area contributed by atoms with E-state index in [1.165, 1.54) is 11.3 Å². The number of nitrogens with zero attached hydrogens (tertiary/aromatic N) is 2. The first-order chi connectivity index (χ1) is 9.29. The van der Waals surface area contributed by atoms with Crippen molar-refractivity contribution < 1.29 is 0 Å². The Hall–Kier alpha value is -1.10. The zero-order valence-corrected chi connectivity index (χ0v) is 11.9. The number of nitrogens with one attached hydrogen (secondary N) is 1. The standard InChI is InChI=1S/C15H26N4/c1-18-9-11-19(12-10-18)15-5-3-14(4-6-15)13-17-8-2-7-16/h3-6,17H,2,7-13,16H2,1H3. The van der Waals surface area contributed by atoms with Gasteiger partial charge in [0.15, 0.2) is 0 Å². The molecule has 4 nitrogen and oxygen atoms in total. The Kier molecular flexibility index (Phi) is 5.63. The van der Waals surface area contributed by atoms with E-state index in [9.17, 15) is 0 Å². The van der Waals surface area contributed by atoms with E-state index in [-0.39, 0.29) is 0 Å². The van der Waals surface area contributed by atoms with Crippen LogP contribution in [0.4, 0.5) is 5.69 Å². The minimum Gasteiger partial charge on any atom is -0.369 e. The number of rotatable bonds is 6. The van der Waals surface area contributed by atoms with Crippen LogP contribution >= 0.6 is 0 Å². The summed E-state index contributed by atoms with van der Waals surface area (Å²) in [6, 6.07) is 8.93.